The van der Waals surface area contributed by atoms with Crippen molar-refractivity contribution >= 4 is 23.4 Å². The molecule has 1 aromatic carbocycles. The van der Waals surface area contributed by atoms with Gasteiger partial charge < -0.3 is 5.32 Å². The minimum Gasteiger partial charge on any atom is -0.321 e. The number of amides is 1. The SMILES string of the molecule is CC=CC(=O)Nc1ccccc1SC. The molecule has 1 amide bonds. The number of hydrogen-bond donors (Lipinski definition) is 1. The van der Waals surface area contributed by atoms with Crippen molar-refractivity contribution in [2.45, 2.75) is 11.8 Å². The van der Waals surface area contributed by atoms with Crippen LogP contribution in [0.3, 0.4) is 0 Å². The first-order chi connectivity index (χ1) is 6.77. The van der Waals surface area contributed by atoms with Crippen LogP contribution in [-0.2, 0) is 4.79 Å². The Kier molecular flexibility index (Phi) is 4.26. The van der Waals surface area contributed by atoms with Gasteiger partial charge in [0.1, 0.15) is 0 Å². The summed E-state index contributed by atoms with van der Waals surface area (Å²) < 4.78 is 0. The molecule has 3 heteroatoms. The Morgan fingerprint density at radius 2 is 2.14 bits per heavy atom. The Balaban J connectivity index is 2.80. The molecule has 0 atom stereocenters. The Labute approximate surface area is 88.4 Å². The van der Waals surface area contributed by atoms with Gasteiger partial charge in [0, 0.05) is 4.90 Å². The van der Waals surface area contributed by atoms with Crippen molar-refractivity contribution in [1.82, 2.24) is 0 Å². The number of benzene rings is 1. The van der Waals surface area contributed by atoms with E-state index in [2.05, 4.69) is 5.32 Å². The van der Waals surface area contributed by atoms with Crippen molar-refractivity contribution < 1.29 is 4.79 Å². The van der Waals surface area contributed by atoms with Crippen molar-refractivity contribution in [2.75, 3.05) is 11.6 Å². The summed E-state index contributed by atoms with van der Waals surface area (Å²) in [6.45, 7) is 1.82. The number of allylic oxidation sites excluding steroid dienone is 1. The molecule has 0 aliphatic heterocycles. The van der Waals surface area contributed by atoms with Crippen molar-refractivity contribution in [3.05, 3.63) is 36.4 Å². The topological polar surface area (TPSA) is 29.1 Å². The lowest BCUT2D eigenvalue weighted by Gasteiger charge is -2.06. The molecule has 1 N–H and O–H groups in total. The number of carbonyl (C=O) groups is 1. The Hall–Kier alpha value is -1.22. The highest BCUT2D eigenvalue weighted by molar-refractivity contribution is 7.98. The molecular formula is C11H13NOS. The van der Waals surface area contributed by atoms with Gasteiger partial charge in [-0.3, -0.25) is 4.79 Å². The number of rotatable bonds is 3. The minimum atomic E-state index is -0.0889. The fourth-order valence-corrected chi connectivity index (χ4v) is 1.63. The fraction of sp³-hybridized carbons (Fsp3) is 0.182. The largest absolute Gasteiger partial charge is 0.321 e. The molecule has 14 heavy (non-hydrogen) atoms. The predicted octanol–water partition coefficient (Wildman–Crippen LogP) is 2.92. The van der Waals surface area contributed by atoms with E-state index >= 15 is 0 Å². The van der Waals surface area contributed by atoms with Crippen LogP contribution in [-0.4, -0.2) is 12.2 Å². The van der Waals surface area contributed by atoms with Gasteiger partial charge >= 0.3 is 0 Å². The van der Waals surface area contributed by atoms with E-state index in [4.69, 9.17) is 0 Å². The van der Waals surface area contributed by atoms with E-state index in [1.54, 1.807) is 17.8 Å². The monoisotopic (exact) mass is 207 g/mol. The van der Waals surface area contributed by atoms with Gasteiger partial charge in [-0.15, -0.1) is 11.8 Å². The van der Waals surface area contributed by atoms with Crippen molar-refractivity contribution in [3.63, 3.8) is 0 Å². The van der Waals surface area contributed by atoms with Crippen LogP contribution in [0.5, 0.6) is 0 Å². The van der Waals surface area contributed by atoms with Gasteiger partial charge in [0.25, 0.3) is 0 Å². The van der Waals surface area contributed by atoms with Crippen molar-refractivity contribution in [3.8, 4) is 0 Å². The summed E-state index contributed by atoms with van der Waals surface area (Å²) in [7, 11) is 0. The number of carbonyl (C=O) groups excluding carboxylic acids is 1. The number of anilines is 1. The molecule has 0 aromatic heterocycles. The minimum absolute atomic E-state index is 0.0889. The molecule has 0 spiro atoms. The maximum absolute atomic E-state index is 11.3. The summed E-state index contributed by atoms with van der Waals surface area (Å²) >= 11 is 1.62. The predicted molar refractivity (Wildman–Crippen MR) is 61.7 cm³/mol. The van der Waals surface area contributed by atoms with Crippen molar-refractivity contribution in [2.24, 2.45) is 0 Å². The lowest BCUT2D eigenvalue weighted by atomic mass is 10.3. The zero-order valence-corrected chi connectivity index (χ0v) is 9.10. The van der Waals surface area contributed by atoms with Gasteiger partial charge in [0.2, 0.25) is 5.91 Å². The van der Waals surface area contributed by atoms with E-state index in [0.717, 1.165) is 10.6 Å². The van der Waals surface area contributed by atoms with Crippen LogP contribution in [0.25, 0.3) is 0 Å². The maximum Gasteiger partial charge on any atom is 0.248 e. The number of nitrogens with one attached hydrogen (secondary N) is 1. The van der Waals surface area contributed by atoms with E-state index in [0.29, 0.717) is 0 Å². The first-order valence-corrected chi connectivity index (χ1v) is 5.57. The summed E-state index contributed by atoms with van der Waals surface area (Å²) in [5, 5.41) is 2.82. The summed E-state index contributed by atoms with van der Waals surface area (Å²) in [6, 6.07) is 7.74. The highest BCUT2D eigenvalue weighted by atomic mass is 32.2. The highest BCUT2D eigenvalue weighted by Crippen LogP contribution is 2.24. The second-order valence-corrected chi connectivity index (χ2v) is 3.54. The van der Waals surface area contributed by atoms with Crippen molar-refractivity contribution in [1.29, 1.82) is 0 Å². The molecular weight excluding hydrogens is 194 g/mol. The van der Waals surface area contributed by atoms with E-state index in [-0.39, 0.29) is 5.91 Å². The van der Waals surface area contributed by atoms with Gasteiger partial charge in [-0.2, -0.15) is 0 Å². The third kappa shape index (κ3) is 2.92. The molecule has 1 aromatic rings. The third-order valence-electron chi connectivity index (χ3n) is 1.68. The van der Waals surface area contributed by atoms with Gasteiger partial charge in [-0.25, -0.2) is 0 Å². The summed E-state index contributed by atoms with van der Waals surface area (Å²) in [5.41, 5.74) is 0.864. The number of para-hydroxylation sites is 1. The van der Waals surface area contributed by atoms with Gasteiger partial charge in [-0.1, -0.05) is 18.2 Å². The van der Waals surface area contributed by atoms with Crippen LogP contribution in [0.4, 0.5) is 5.69 Å². The Bertz CT molecular complexity index is 347. The highest BCUT2D eigenvalue weighted by Gasteiger charge is 2.01. The molecule has 0 saturated carbocycles. The van der Waals surface area contributed by atoms with Crippen LogP contribution in [0.2, 0.25) is 0 Å². The Morgan fingerprint density at radius 1 is 1.43 bits per heavy atom. The van der Waals surface area contributed by atoms with E-state index in [1.165, 1.54) is 6.08 Å². The smallest absolute Gasteiger partial charge is 0.248 e. The molecule has 0 aliphatic carbocycles. The number of hydrogen-bond acceptors (Lipinski definition) is 2. The van der Waals surface area contributed by atoms with Gasteiger partial charge in [0.05, 0.1) is 5.69 Å². The average molecular weight is 207 g/mol. The zero-order chi connectivity index (χ0) is 10.4. The lowest BCUT2D eigenvalue weighted by molar-refractivity contribution is -0.111. The average Bonchev–Trinajstić information content (AvgIpc) is 2.19. The maximum atomic E-state index is 11.3. The van der Waals surface area contributed by atoms with E-state index < -0.39 is 0 Å². The van der Waals surface area contributed by atoms with Crippen LogP contribution < -0.4 is 5.32 Å². The first kappa shape index (κ1) is 10.9. The van der Waals surface area contributed by atoms with Gasteiger partial charge in [0.15, 0.2) is 0 Å². The summed E-state index contributed by atoms with van der Waals surface area (Å²) in [5.74, 6) is -0.0889. The second kappa shape index (κ2) is 5.50. The molecule has 0 bridgehead atoms. The molecule has 0 saturated heterocycles. The van der Waals surface area contributed by atoms with E-state index in [9.17, 15) is 4.79 Å². The molecule has 0 heterocycles. The van der Waals surface area contributed by atoms with Crippen LogP contribution >= 0.6 is 11.8 Å². The van der Waals surface area contributed by atoms with E-state index in [1.807, 2.05) is 37.4 Å². The molecule has 0 aliphatic rings. The summed E-state index contributed by atoms with van der Waals surface area (Å²) in [6.07, 6.45) is 5.22. The molecule has 0 radical (unpaired) electrons. The van der Waals surface area contributed by atoms with Crippen LogP contribution in [0.1, 0.15) is 6.92 Å². The lowest BCUT2D eigenvalue weighted by Crippen LogP contribution is -2.08. The molecule has 2 nitrogen and oxygen atoms in total. The molecule has 0 unspecified atom stereocenters. The van der Waals surface area contributed by atoms with Crippen LogP contribution in [0, 0.1) is 0 Å². The summed E-state index contributed by atoms with van der Waals surface area (Å²) in [4.78, 5) is 12.3. The van der Waals surface area contributed by atoms with Crippen LogP contribution in [0.15, 0.2) is 41.3 Å². The Morgan fingerprint density at radius 3 is 2.79 bits per heavy atom. The molecule has 0 fully saturated rings. The standard InChI is InChI=1S/C11H13NOS/c1-3-6-11(13)12-9-7-4-5-8-10(9)14-2/h3-8H,1-2H3,(H,12,13). The molecule has 1 rings (SSSR count). The number of thioether (sulfide) groups is 1. The van der Waals surface area contributed by atoms with Gasteiger partial charge in [-0.05, 0) is 31.4 Å². The second-order valence-electron chi connectivity index (χ2n) is 2.69. The zero-order valence-electron chi connectivity index (χ0n) is 8.28. The quantitative estimate of drug-likeness (QED) is 0.610. The first-order valence-electron chi connectivity index (χ1n) is 4.34. The normalized spacial score (nSPS) is 10.4. The molecule has 74 valence electrons. The fourth-order valence-electron chi connectivity index (χ4n) is 1.07. The third-order valence-corrected chi connectivity index (χ3v) is 2.48.